The number of aromatic carboxylic acids is 1. The average molecular weight is 295 g/mol. The van der Waals surface area contributed by atoms with Gasteiger partial charge in [0.25, 0.3) is 0 Å². The van der Waals surface area contributed by atoms with Gasteiger partial charge in [-0.3, -0.25) is 4.79 Å². The summed E-state index contributed by atoms with van der Waals surface area (Å²) in [6.07, 6.45) is 3.77. The maximum Gasteiger partial charge on any atom is 0.337 e. The van der Waals surface area contributed by atoms with Gasteiger partial charge in [0.15, 0.2) is 5.78 Å². The molecule has 0 radical (unpaired) electrons. The lowest BCUT2D eigenvalue weighted by Gasteiger charge is -2.04. The summed E-state index contributed by atoms with van der Waals surface area (Å²) in [5, 5.41) is 11.9. The molecule has 0 aromatic heterocycles. The third-order valence-electron chi connectivity index (χ3n) is 3.28. The van der Waals surface area contributed by atoms with Gasteiger partial charge in [0.05, 0.1) is 11.3 Å². The summed E-state index contributed by atoms with van der Waals surface area (Å²) >= 11 is 0. The highest BCUT2D eigenvalue weighted by molar-refractivity contribution is 6.04. The molecule has 0 bridgehead atoms. The number of para-hydroxylation sites is 1. The maximum atomic E-state index is 12.0. The molecule has 0 fully saturated rings. The van der Waals surface area contributed by atoms with Crippen molar-refractivity contribution in [3.63, 3.8) is 0 Å². The maximum absolute atomic E-state index is 12.0. The van der Waals surface area contributed by atoms with Crippen LogP contribution in [-0.2, 0) is 6.42 Å². The Morgan fingerprint density at radius 3 is 2.41 bits per heavy atom. The van der Waals surface area contributed by atoms with Gasteiger partial charge in [0.1, 0.15) is 0 Å². The van der Waals surface area contributed by atoms with Gasteiger partial charge in [-0.15, -0.1) is 0 Å². The van der Waals surface area contributed by atoms with Crippen LogP contribution in [0.2, 0.25) is 0 Å². The highest BCUT2D eigenvalue weighted by Gasteiger charge is 2.07. The molecule has 0 aliphatic heterocycles. The van der Waals surface area contributed by atoms with Crippen molar-refractivity contribution < 1.29 is 14.7 Å². The van der Waals surface area contributed by atoms with Crippen molar-refractivity contribution in [3.05, 3.63) is 77.5 Å². The molecule has 0 atom stereocenters. The second kappa shape index (κ2) is 7.22. The van der Waals surface area contributed by atoms with E-state index < -0.39 is 5.97 Å². The summed E-state index contributed by atoms with van der Waals surface area (Å²) in [5.74, 6) is -1.15. The third kappa shape index (κ3) is 3.82. The lowest BCUT2D eigenvalue weighted by atomic mass is 10.1. The molecule has 0 heterocycles. The van der Waals surface area contributed by atoms with E-state index in [4.69, 9.17) is 5.11 Å². The predicted octanol–water partition coefficient (Wildman–Crippen LogP) is 3.76. The van der Waals surface area contributed by atoms with E-state index in [1.54, 1.807) is 30.3 Å². The quantitative estimate of drug-likeness (QED) is 0.629. The summed E-state index contributed by atoms with van der Waals surface area (Å²) in [6.45, 7) is 2.06. The molecule has 0 aliphatic rings. The first-order valence-electron chi connectivity index (χ1n) is 7.00. The smallest absolute Gasteiger partial charge is 0.337 e. The van der Waals surface area contributed by atoms with Crippen LogP contribution in [0.25, 0.3) is 0 Å². The number of ketones is 1. The number of allylic oxidation sites excluding steroid dienone is 1. The number of nitrogens with one attached hydrogen (secondary N) is 1. The predicted molar refractivity (Wildman–Crippen MR) is 86.3 cm³/mol. The fraction of sp³-hybridized carbons (Fsp3) is 0.111. The fourth-order valence-corrected chi connectivity index (χ4v) is 2.00. The van der Waals surface area contributed by atoms with Crippen molar-refractivity contribution >= 4 is 17.4 Å². The minimum atomic E-state index is -1.02. The van der Waals surface area contributed by atoms with Gasteiger partial charge >= 0.3 is 5.97 Å². The number of rotatable bonds is 6. The van der Waals surface area contributed by atoms with Crippen LogP contribution in [0.15, 0.2) is 60.8 Å². The van der Waals surface area contributed by atoms with E-state index in [1.165, 1.54) is 23.9 Å². The molecule has 0 aliphatic carbocycles. The molecule has 0 saturated heterocycles. The summed E-state index contributed by atoms with van der Waals surface area (Å²) < 4.78 is 0. The van der Waals surface area contributed by atoms with Gasteiger partial charge in [-0.05, 0) is 24.1 Å². The second-order valence-electron chi connectivity index (χ2n) is 4.74. The van der Waals surface area contributed by atoms with Crippen molar-refractivity contribution in [2.24, 2.45) is 0 Å². The minimum absolute atomic E-state index is 0.136. The Kier molecular flexibility index (Phi) is 5.09. The molecule has 0 unspecified atom stereocenters. The van der Waals surface area contributed by atoms with Gasteiger partial charge in [-0.2, -0.15) is 0 Å². The monoisotopic (exact) mass is 295 g/mol. The Morgan fingerprint density at radius 1 is 1.09 bits per heavy atom. The summed E-state index contributed by atoms with van der Waals surface area (Å²) in [7, 11) is 0. The molecule has 4 nitrogen and oxygen atoms in total. The van der Waals surface area contributed by atoms with Gasteiger partial charge in [0, 0.05) is 17.8 Å². The number of anilines is 1. The third-order valence-corrected chi connectivity index (χ3v) is 3.28. The van der Waals surface area contributed by atoms with Crippen molar-refractivity contribution in [2.75, 3.05) is 5.32 Å². The number of carbonyl (C=O) groups is 2. The first kappa shape index (κ1) is 15.5. The molecule has 2 N–H and O–H groups in total. The molecular weight excluding hydrogens is 278 g/mol. The molecule has 4 heteroatoms. The van der Waals surface area contributed by atoms with Crippen LogP contribution < -0.4 is 5.32 Å². The Bertz CT molecular complexity index is 703. The van der Waals surface area contributed by atoms with Gasteiger partial charge < -0.3 is 10.4 Å². The van der Waals surface area contributed by atoms with Crippen LogP contribution in [0, 0.1) is 0 Å². The van der Waals surface area contributed by atoms with E-state index in [1.807, 2.05) is 12.1 Å². The number of carboxylic acids is 1. The van der Waals surface area contributed by atoms with E-state index in [9.17, 15) is 9.59 Å². The Hall–Kier alpha value is -2.88. The summed E-state index contributed by atoms with van der Waals surface area (Å²) in [4.78, 5) is 23.1. The first-order valence-corrected chi connectivity index (χ1v) is 7.00. The van der Waals surface area contributed by atoms with Crippen LogP contribution >= 0.6 is 0 Å². The van der Waals surface area contributed by atoms with Crippen LogP contribution in [0.5, 0.6) is 0 Å². The van der Waals surface area contributed by atoms with Crippen LogP contribution in [0.4, 0.5) is 5.69 Å². The number of hydrogen-bond donors (Lipinski definition) is 2. The summed E-state index contributed by atoms with van der Waals surface area (Å²) in [5.41, 5.74) is 2.38. The molecule has 2 aromatic carbocycles. The number of carbonyl (C=O) groups excluding carboxylic acids is 1. The lowest BCUT2D eigenvalue weighted by molar-refractivity contribution is 0.0698. The number of hydrogen-bond acceptors (Lipinski definition) is 3. The normalized spacial score (nSPS) is 10.6. The Balaban J connectivity index is 2.06. The highest BCUT2D eigenvalue weighted by Crippen LogP contribution is 2.15. The van der Waals surface area contributed by atoms with Gasteiger partial charge in [-0.1, -0.05) is 43.3 Å². The van der Waals surface area contributed by atoms with Crippen molar-refractivity contribution in [1.29, 1.82) is 0 Å². The Labute approximate surface area is 129 Å². The zero-order valence-corrected chi connectivity index (χ0v) is 12.2. The van der Waals surface area contributed by atoms with Crippen molar-refractivity contribution in [2.45, 2.75) is 13.3 Å². The standard InChI is InChI=1S/C18H17NO3/c1-2-13-7-9-14(10-8-13)17(20)11-12-19-16-6-4-3-5-15(16)18(21)22/h3-12,19H,2H2,1H3,(H,21,22). The van der Waals surface area contributed by atoms with Crippen molar-refractivity contribution in [1.82, 2.24) is 0 Å². The largest absolute Gasteiger partial charge is 0.478 e. The van der Waals surface area contributed by atoms with Crippen LogP contribution in [0.1, 0.15) is 33.2 Å². The molecule has 0 amide bonds. The first-order chi connectivity index (χ1) is 10.6. The number of benzene rings is 2. The molecule has 0 spiro atoms. The molecule has 0 saturated carbocycles. The van der Waals surface area contributed by atoms with E-state index in [0.717, 1.165) is 6.42 Å². The van der Waals surface area contributed by atoms with Gasteiger partial charge in [0.2, 0.25) is 0 Å². The molecule has 2 rings (SSSR count). The number of carboxylic acid groups (broad SMARTS) is 1. The SMILES string of the molecule is CCc1ccc(C(=O)C=CNc2ccccc2C(=O)O)cc1. The van der Waals surface area contributed by atoms with Gasteiger partial charge in [-0.25, -0.2) is 4.79 Å². The summed E-state index contributed by atoms with van der Waals surface area (Å²) in [6, 6.07) is 14.0. The minimum Gasteiger partial charge on any atom is -0.478 e. The fourth-order valence-electron chi connectivity index (χ4n) is 2.00. The van der Waals surface area contributed by atoms with E-state index in [0.29, 0.717) is 11.3 Å². The van der Waals surface area contributed by atoms with E-state index in [2.05, 4.69) is 12.2 Å². The zero-order valence-electron chi connectivity index (χ0n) is 12.2. The average Bonchev–Trinajstić information content (AvgIpc) is 2.55. The topological polar surface area (TPSA) is 66.4 Å². The van der Waals surface area contributed by atoms with E-state index in [-0.39, 0.29) is 11.3 Å². The molecule has 22 heavy (non-hydrogen) atoms. The van der Waals surface area contributed by atoms with Crippen LogP contribution in [0.3, 0.4) is 0 Å². The second-order valence-corrected chi connectivity index (χ2v) is 4.74. The number of aryl methyl sites for hydroxylation is 1. The van der Waals surface area contributed by atoms with Crippen LogP contribution in [-0.4, -0.2) is 16.9 Å². The zero-order chi connectivity index (χ0) is 15.9. The van der Waals surface area contributed by atoms with E-state index >= 15 is 0 Å². The Morgan fingerprint density at radius 2 is 1.77 bits per heavy atom. The molecule has 2 aromatic rings. The lowest BCUT2D eigenvalue weighted by Crippen LogP contribution is -2.02. The highest BCUT2D eigenvalue weighted by atomic mass is 16.4. The van der Waals surface area contributed by atoms with Crippen molar-refractivity contribution in [3.8, 4) is 0 Å². The molecule has 112 valence electrons. The molecular formula is C18H17NO3.